The molecule has 92 valence electrons. The zero-order valence-corrected chi connectivity index (χ0v) is 9.73. The van der Waals surface area contributed by atoms with Crippen molar-refractivity contribution >= 4 is 11.9 Å². The van der Waals surface area contributed by atoms with E-state index >= 15 is 0 Å². The molecule has 1 saturated heterocycles. The van der Waals surface area contributed by atoms with Crippen LogP contribution in [0, 0.1) is 11.8 Å². The Bertz CT molecular complexity index is 261. The normalized spacial score (nSPS) is 23.8. The minimum atomic E-state index is -0.971. The monoisotopic (exact) mass is 229 g/mol. The van der Waals surface area contributed by atoms with Crippen LogP contribution in [0.3, 0.4) is 0 Å². The van der Waals surface area contributed by atoms with Gasteiger partial charge in [0.25, 0.3) is 0 Å². The highest BCUT2D eigenvalue weighted by atomic mass is 16.5. The molecule has 0 aromatic heterocycles. The first-order chi connectivity index (χ1) is 7.56. The molecule has 0 aliphatic carbocycles. The summed E-state index contributed by atoms with van der Waals surface area (Å²) in [6.45, 7) is 4.72. The lowest BCUT2D eigenvalue weighted by atomic mass is 9.98. The molecule has 0 spiro atoms. The molecule has 0 unspecified atom stereocenters. The van der Waals surface area contributed by atoms with E-state index in [1.54, 1.807) is 0 Å². The van der Waals surface area contributed by atoms with Crippen molar-refractivity contribution in [3.8, 4) is 0 Å². The summed E-state index contributed by atoms with van der Waals surface area (Å²) in [7, 11) is 0. The summed E-state index contributed by atoms with van der Waals surface area (Å²) in [5, 5.41) is 11.6. The van der Waals surface area contributed by atoms with Crippen LogP contribution >= 0.6 is 0 Å². The van der Waals surface area contributed by atoms with Crippen molar-refractivity contribution in [2.45, 2.75) is 32.7 Å². The Morgan fingerprint density at radius 3 is 2.69 bits per heavy atom. The van der Waals surface area contributed by atoms with Crippen molar-refractivity contribution in [2.24, 2.45) is 11.8 Å². The van der Waals surface area contributed by atoms with E-state index in [2.05, 4.69) is 5.32 Å². The topological polar surface area (TPSA) is 75.6 Å². The Labute approximate surface area is 95.2 Å². The first-order valence-electron chi connectivity index (χ1n) is 5.67. The highest BCUT2D eigenvalue weighted by Gasteiger charge is 2.30. The van der Waals surface area contributed by atoms with Gasteiger partial charge in [-0.05, 0) is 12.3 Å². The highest BCUT2D eigenvalue weighted by Crippen LogP contribution is 2.14. The maximum atomic E-state index is 11.7. The molecule has 0 aromatic carbocycles. The number of carbonyl (C=O) groups excluding carboxylic acids is 1. The number of aliphatic carboxylic acids is 1. The molecular formula is C11H19NO4. The van der Waals surface area contributed by atoms with E-state index in [0.717, 1.165) is 6.42 Å². The molecule has 5 heteroatoms. The van der Waals surface area contributed by atoms with Gasteiger partial charge in [-0.25, -0.2) is 4.79 Å². The summed E-state index contributed by atoms with van der Waals surface area (Å²) in [6.07, 6.45) is 1.40. The van der Waals surface area contributed by atoms with Crippen LogP contribution in [0.2, 0.25) is 0 Å². The second kappa shape index (κ2) is 5.84. The third-order valence-electron chi connectivity index (χ3n) is 3.08. The summed E-state index contributed by atoms with van der Waals surface area (Å²) in [5.74, 6) is -1.43. The fraction of sp³-hybridized carbons (Fsp3) is 0.818. The first kappa shape index (κ1) is 13.0. The second-order valence-electron chi connectivity index (χ2n) is 4.27. The summed E-state index contributed by atoms with van der Waals surface area (Å²) in [4.78, 5) is 22.7. The van der Waals surface area contributed by atoms with Gasteiger partial charge in [-0.15, -0.1) is 0 Å². The molecule has 1 amide bonds. The van der Waals surface area contributed by atoms with Gasteiger partial charge >= 0.3 is 5.97 Å². The minimum Gasteiger partial charge on any atom is -0.480 e. The zero-order valence-electron chi connectivity index (χ0n) is 9.73. The van der Waals surface area contributed by atoms with Gasteiger partial charge in [-0.3, -0.25) is 4.79 Å². The van der Waals surface area contributed by atoms with Gasteiger partial charge in [-0.1, -0.05) is 20.3 Å². The van der Waals surface area contributed by atoms with Crippen molar-refractivity contribution in [1.82, 2.24) is 5.32 Å². The summed E-state index contributed by atoms with van der Waals surface area (Å²) in [6, 6.07) is -0.793. The second-order valence-corrected chi connectivity index (χ2v) is 4.27. The number of carbonyl (C=O) groups is 2. The van der Waals surface area contributed by atoms with Crippen LogP contribution in [0.25, 0.3) is 0 Å². The molecule has 2 N–H and O–H groups in total. The number of ether oxygens (including phenoxy) is 1. The van der Waals surface area contributed by atoms with Gasteiger partial charge in [0.2, 0.25) is 5.91 Å². The van der Waals surface area contributed by atoms with E-state index in [9.17, 15) is 9.59 Å². The molecule has 0 aromatic rings. The summed E-state index contributed by atoms with van der Waals surface area (Å²) >= 11 is 0. The molecule has 1 heterocycles. The third kappa shape index (κ3) is 3.20. The summed E-state index contributed by atoms with van der Waals surface area (Å²) in [5.41, 5.74) is 0. The molecule has 0 bridgehead atoms. The molecule has 1 aliphatic heterocycles. The van der Waals surface area contributed by atoms with Crippen molar-refractivity contribution in [3.05, 3.63) is 0 Å². The van der Waals surface area contributed by atoms with Gasteiger partial charge in [0.15, 0.2) is 0 Å². The Kier molecular flexibility index (Phi) is 4.73. The highest BCUT2D eigenvalue weighted by molar-refractivity contribution is 5.85. The Balaban J connectivity index is 2.53. The average molecular weight is 229 g/mol. The van der Waals surface area contributed by atoms with E-state index in [1.165, 1.54) is 0 Å². The van der Waals surface area contributed by atoms with Gasteiger partial charge in [0.1, 0.15) is 6.04 Å². The standard InChI is InChI=1S/C11H19NO4/c1-3-7(2)9(11(14)15)12-10(13)8-4-5-16-6-8/h7-9H,3-6H2,1-2H3,(H,12,13)(H,14,15)/t7-,8-,9-/m0/s1. The molecule has 1 aliphatic rings. The molecule has 0 saturated carbocycles. The largest absolute Gasteiger partial charge is 0.480 e. The smallest absolute Gasteiger partial charge is 0.326 e. The summed E-state index contributed by atoms with van der Waals surface area (Å²) < 4.78 is 5.10. The lowest BCUT2D eigenvalue weighted by Gasteiger charge is -2.21. The van der Waals surface area contributed by atoms with Gasteiger partial charge in [0, 0.05) is 6.61 Å². The number of rotatable bonds is 5. The van der Waals surface area contributed by atoms with E-state index < -0.39 is 12.0 Å². The SMILES string of the molecule is CC[C@H](C)[C@H](NC(=O)[C@H]1CCOC1)C(=O)O. The lowest BCUT2D eigenvalue weighted by molar-refractivity contribution is -0.144. The van der Waals surface area contributed by atoms with Gasteiger partial charge in [-0.2, -0.15) is 0 Å². The maximum absolute atomic E-state index is 11.7. The minimum absolute atomic E-state index is 0.0660. The average Bonchev–Trinajstić information content (AvgIpc) is 2.77. The van der Waals surface area contributed by atoms with E-state index in [0.29, 0.717) is 19.6 Å². The van der Waals surface area contributed by atoms with E-state index in [-0.39, 0.29) is 17.7 Å². The van der Waals surface area contributed by atoms with E-state index in [4.69, 9.17) is 9.84 Å². The van der Waals surface area contributed by atoms with Crippen LogP contribution in [-0.2, 0) is 14.3 Å². The van der Waals surface area contributed by atoms with E-state index in [1.807, 2.05) is 13.8 Å². The molecule has 16 heavy (non-hydrogen) atoms. The van der Waals surface area contributed by atoms with Crippen molar-refractivity contribution in [1.29, 1.82) is 0 Å². The number of hydrogen-bond donors (Lipinski definition) is 2. The third-order valence-corrected chi connectivity index (χ3v) is 3.08. The van der Waals surface area contributed by atoms with Crippen molar-refractivity contribution in [3.63, 3.8) is 0 Å². The fourth-order valence-corrected chi connectivity index (χ4v) is 1.70. The molecule has 1 rings (SSSR count). The van der Waals surface area contributed by atoms with Crippen LogP contribution in [-0.4, -0.2) is 36.2 Å². The lowest BCUT2D eigenvalue weighted by Crippen LogP contribution is -2.47. The molecule has 1 fully saturated rings. The van der Waals surface area contributed by atoms with Crippen molar-refractivity contribution < 1.29 is 19.4 Å². The number of amides is 1. The Morgan fingerprint density at radius 2 is 2.25 bits per heavy atom. The number of hydrogen-bond acceptors (Lipinski definition) is 3. The number of carboxylic acid groups (broad SMARTS) is 1. The fourth-order valence-electron chi connectivity index (χ4n) is 1.70. The predicted molar refractivity (Wildman–Crippen MR) is 57.9 cm³/mol. The quantitative estimate of drug-likeness (QED) is 0.725. The Hall–Kier alpha value is -1.10. The first-order valence-corrected chi connectivity index (χ1v) is 5.67. The maximum Gasteiger partial charge on any atom is 0.326 e. The molecule has 3 atom stereocenters. The van der Waals surface area contributed by atoms with Gasteiger partial charge in [0.05, 0.1) is 12.5 Å². The number of nitrogens with one attached hydrogen (secondary N) is 1. The van der Waals surface area contributed by atoms with Crippen LogP contribution in [0.15, 0.2) is 0 Å². The van der Waals surface area contributed by atoms with Crippen LogP contribution in [0.1, 0.15) is 26.7 Å². The van der Waals surface area contributed by atoms with Crippen LogP contribution in [0.4, 0.5) is 0 Å². The van der Waals surface area contributed by atoms with Crippen molar-refractivity contribution in [2.75, 3.05) is 13.2 Å². The predicted octanol–water partition coefficient (Wildman–Crippen LogP) is 0.638. The molecular weight excluding hydrogens is 210 g/mol. The van der Waals surface area contributed by atoms with Crippen LogP contribution < -0.4 is 5.32 Å². The Morgan fingerprint density at radius 1 is 1.56 bits per heavy atom. The number of carboxylic acids is 1. The van der Waals surface area contributed by atoms with Crippen LogP contribution in [0.5, 0.6) is 0 Å². The zero-order chi connectivity index (χ0) is 12.1. The van der Waals surface area contributed by atoms with Gasteiger partial charge < -0.3 is 15.2 Å². The molecule has 5 nitrogen and oxygen atoms in total. The molecule has 0 radical (unpaired) electrons.